The molecule has 0 spiro atoms. The molecule has 0 radical (unpaired) electrons. The predicted octanol–water partition coefficient (Wildman–Crippen LogP) is 4.72. The van der Waals surface area contributed by atoms with Gasteiger partial charge in [0, 0.05) is 10.6 Å². The molecule has 0 unspecified atom stereocenters. The molecule has 2 aromatic carbocycles. The van der Waals surface area contributed by atoms with Crippen molar-refractivity contribution in [2.75, 3.05) is 11.8 Å². The van der Waals surface area contributed by atoms with Crippen LogP contribution in [-0.4, -0.2) is 32.7 Å². The summed E-state index contributed by atoms with van der Waals surface area (Å²) in [5.74, 6) is -0.492. The number of oxime groups is 1. The lowest BCUT2D eigenvalue weighted by atomic mass is 10.1. The quantitative estimate of drug-likeness (QED) is 0.336. The van der Waals surface area contributed by atoms with E-state index in [9.17, 15) is 26.4 Å². The highest BCUT2D eigenvalue weighted by Gasteiger charge is 2.46. The van der Waals surface area contributed by atoms with Crippen molar-refractivity contribution in [3.8, 4) is 0 Å². The normalized spacial score (nSPS) is 12.4. The van der Waals surface area contributed by atoms with Crippen molar-refractivity contribution < 1.29 is 36.0 Å². The Balaban J connectivity index is 2.24. The van der Waals surface area contributed by atoms with Crippen LogP contribution in [0.15, 0.2) is 47.6 Å². The second-order valence-electron chi connectivity index (χ2n) is 6.09. The summed E-state index contributed by atoms with van der Waals surface area (Å²) < 4.78 is 67.3. The van der Waals surface area contributed by atoms with Crippen LogP contribution in [0.25, 0.3) is 0 Å². The molecule has 0 aliphatic carbocycles. The van der Waals surface area contributed by atoms with Crippen LogP contribution >= 0.6 is 11.6 Å². The zero-order valence-corrected chi connectivity index (χ0v) is 17.9. The average molecular weight is 479 g/mol. The number of ether oxygens (including phenoxy) is 1. The van der Waals surface area contributed by atoms with Gasteiger partial charge >= 0.3 is 21.5 Å². The number of alkyl halides is 3. The average Bonchev–Trinajstić information content (AvgIpc) is 2.71. The Labute approximate surface area is 181 Å². The number of carbonyl (C=O) groups excluding carboxylic acids is 1. The first-order chi connectivity index (χ1) is 14.5. The van der Waals surface area contributed by atoms with Crippen LogP contribution in [-0.2, 0) is 26.2 Å². The lowest BCUT2D eigenvalue weighted by molar-refractivity contribution is -0.0429. The molecule has 0 fully saturated rings. The van der Waals surface area contributed by atoms with E-state index in [4.69, 9.17) is 16.4 Å². The first-order valence-corrected chi connectivity index (χ1v) is 10.6. The number of rotatable bonds is 8. The number of sulfonamides is 1. The van der Waals surface area contributed by atoms with E-state index in [0.29, 0.717) is 11.1 Å². The fourth-order valence-electron chi connectivity index (χ4n) is 2.39. The lowest BCUT2D eigenvalue weighted by Gasteiger charge is -2.15. The van der Waals surface area contributed by atoms with Gasteiger partial charge in [0.05, 0.1) is 24.1 Å². The third kappa shape index (κ3) is 6.34. The number of hydrogen-bond acceptors (Lipinski definition) is 6. The summed E-state index contributed by atoms with van der Waals surface area (Å²) in [4.78, 5) is 16.7. The molecule has 2 aromatic rings. The topological polar surface area (TPSA) is 94.1 Å². The van der Waals surface area contributed by atoms with Crippen LogP contribution in [0.4, 0.5) is 18.9 Å². The smallest absolute Gasteiger partial charge is 0.465 e. The third-order valence-corrected chi connectivity index (χ3v) is 5.29. The molecule has 0 saturated heterocycles. The van der Waals surface area contributed by atoms with Crippen molar-refractivity contribution >= 4 is 39.0 Å². The van der Waals surface area contributed by atoms with Gasteiger partial charge in [-0.2, -0.15) is 21.6 Å². The van der Waals surface area contributed by atoms with Gasteiger partial charge in [-0.05, 0) is 42.3 Å². The number of halogens is 4. The van der Waals surface area contributed by atoms with Gasteiger partial charge in [-0.3, -0.25) is 4.72 Å². The number of esters is 1. The molecule has 0 heterocycles. The number of nitrogens with one attached hydrogen (secondary N) is 1. The fourth-order valence-corrected chi connectivity index (χ4v) is 3.15. The first kappa shape index (κ1) is 24.5. The maximum Gasteiger partial charge on any atom is 0.516 e. The Morgan fingerprint density at radius 3 is 2.35 bits per heavy atom. The monoisotopic (exact) mass is 478 g/mol. The second-order valence-corrected chi connectivity index (χ2v) is 8.20. The van der Waals surface area contributed by atoms with Gasteiger partial charge in [-0.1, -0.05) is 35.8 Å². The van der Waals surface area contributed by atoms with Gasteiger partial charge in [-0.15, -0.1) is 0 Å². The molecule has 0 aliphatic rings. The van der Waals surface area contributed by atoms with E-state index in [1.807, 2.05) is 0 Å². The number of benzene rings is 2. The molecular weight excluding hydrogens is 461 g/mol. The van der Waals surface area contributed by atoms with Crippen LogP contribution in [0.1, 0.15) is 34.8 Å². The standard InChI is InChI=1S/C19H18ClF3N2O5S/c1-3-16(24-30-11-12-4-6-13(7-5-12)18(26)29-2)15-10-14(20)8-9-17(15)25-31(27,28)19(21,22)23/h4-10,25H,3,11H2,1-2H3/b24-16+. The summed E-state index contributed by atoms with van der Waals surface area (Å²) in [6.45, 7) is 1.66. The fraction of sp³-hybridized carbons (Fsp3) is 0.263. The van der Waals surface area contributed by atoms with E-state index >= 15 is 0 Å². The molecule has 0 saturated carbocycles. The molecule has 0 amide bonds. The van der Waals surface area contributed by atoms with Crippen molar-refractivity contribution in [1.29, 1.82) is 0 Å². The number of anilines is 1. The lowest BCUT2D eigenvalue weighted by Crippen LogP contribution is -2.30. The minimum Gasteiger partial charge on any atom is -0.465 e. The van der Waals surface area contributed by atoms with E-state index in [0.717, 1.165) is 6.07 Å². The molecule has 1 N–H and O–H groups in total. The van der Waals surface area contributed by atoms with Gasteiger partial charge in [0.25, 0.3) is 0 Å². The molecule has 0 bridgehead atoms. The van der Waals surface area contributed by atoms with Crippen molar-refractivity contribution in [3.05, 3.63) is 64.2 Å². The summed E-state index contributed by atoms with van der Waals surface area (Å²) in [6.07, 6.45) is 0.211. The number of nitrogens with zero attached hydrogens (tertiary/aromatic N) is 1. The summed E-state index contributed by atoms with van der Waals surface area (Å²) in [7, 11) is -4.37. The van der Waals surface area contributed by atoms with Crippen LogP contribution < -0.4 is 4.72 Å². The van der Waals surface area contributed by atoms with Crippen LogP contribution in [0, 0.1) is 0 Å². The molecule has 2 rings (SSSR count). The van der Waals surface area contributed by atoms with E-state index in [-0.39, 0.29) is 35.0 Å². The molecule has 12 heteroatoms. The zero-order valence-electron chi connectivity index (χ0n) is 16.4. The minimum atomic E-state index is -5.63. The molecule has 0 aromatic heterocycles. The summed E-state index contributed by atoms with van der Waals surface area (Å²) in [6, 6.07) is 9.96. The minimum absolute atomic E-state index is 0.00483. The highest BCUT2D eigenvalue weighted by atomic mass is 35.5. The van der Waals surface area contributed by atoms with Crippen molar-refractivity contribution in [2.24, 2.45) is 5.16 Å². The highest BCUT2D eigenvalue weighted by Crippen LogP contribution is 2.29. The zero-order chi connectivity index (χ0) is 23.2. The molecule has 168 valence electrons. The molecule has 31 heavy (non-hydrogen) atoms. The van der Waals surface area contributed by atoms with Crippen molar-refractivity contribution in [3.63, 3.8) is 0 Å². The number of hydrogen-bond donors (Lipinski definition) is 1. The van der Waals surface area contributed by atoms with Gasteiger partial charge in [0.1, 0.15) is 6.61 Å². The summed E-state index contributed by atoms with van der Waals surface area (Å²) in [5.41, 5.74) is -4.59. The van der Waals surface area contributed by atoms with Gasteiger partial charge in [-0.25, -0.2) is 4.79 Å². The Bertz CT molecular complexity index is 1070. The van der Waals surface area contributed by atoms with Crippen LogP contribution in [0.3, 0.4) is 0 Å². The maximum absolute atomic E-state index is 12.7. The third-order valence-electron chi connectivity index (χ3n) is 3.96. The molecule has 0 atom stereocenters. The Kier molecular flexibility index (Phi) is 7.91. The SMILES string of the molecule is CC/C(=N\OCc1ccc(C(=O)OC)cc1)c1cc(Cl)ccc1NS(=O)(=O)C(F)(F)F. The second kappa shape index (κ2) is 10.0. The summed E-state index contributed by atoms with van der Waals surface area (Å²) >= 11 is 5.93. The predicted molar refractivity (Wildman–Crippen MR) is 109 cm³/mol. The number of methoxy groups -OCH3 is 1. The van der Waals surface area contributed by atoms with Gasteiger partial charge < -0.3 is 9.57 Å². The van der Waals surface area contributed by atoms with Crippen LogP contribution in [0.2, 0.25) is 5.02 Å². The first-order valence-electron chi connectivity index (χ1n) is 8.73. The molecule has 7 nitrogen and oxygen atoms in total. The molecule has 0 aliphatic heterocycles. The Hall–Kier alpha value is -2.79. The van der Waals surface area contributed by atoms with E-state index < -0.39 is 21.5 Å². The number of carbonyl (C=O) groups is 1. The van der Waals surface area contributed by atoms with Crippen molar-refractivity contribution in [1.82, 2.24) is 0 Å². The van der Waals surface area contributed by atoms with Gasteiger partial charge in [0.15, 0.2) is 0 Å². The largest absolute Gasteiger partial charge is 0.516 e. The van der Waals surface area contributed by atoms with E-state index in [1.165, 1.54) is 36.1 Å². The van der Waals surface area contributed by atoms with Crippen LogP contribution in [0.5, 0.6) is 0 Å². The Morgan fingerprint density at radius 2 is 1.81 bits per heavy atom. The Morgan fingerprint density at radius 1 is 1.16 bits per heavy atom. The molecular formula is C19H18ClF3N2O5S. The maximum atomic E-state index is 12.7. The highest BCUT2D eigenvalue weighted by molar-refractivity contribution is 7.93. The summed E-state index contributed by atoms with van der Waals surface area (Å²) in [5, 5.41) is 4.10. The van der Waals surface area contributed by atoms with E-state index in [2.05, 4.69) is 9.89 Å². The van der Waals surface area contributed by atoms with Gasteiger partial charge in [0.2, 0.25) is 0 Å². The van der Waals surface area contributed by atoms with E-state index in [1.54, 1.807) is 19.1 Å². The van der Waals surface area contributed by atoms with Crippen molar-refractivity contribution in [2.45, 2.75) is 25.5 Å².